The molecule has 0 aromatic carbocycles. The molecule has 1 unspecified atom stereocenters. The Bertz CT molecular complexity index is 358. The number of nitrogens with one attached hydrogen (secondary N) is 1. The summed E-state index contributed by atoms with van der Waals surface area (Å²) in [4.78, 5) is 15.5. The standard InChI is InChI=1S/C14H25N3O3/c1-12(2)14(19)20-10-13(18)9-15-5-4-6-17-8-7-16(3)11-17/h7-8,13,15,18H,1,4-6,9-11H2,2-3H3. The lowest BCUT2D eigenvalue weighted by molar-refractivity contribution is -0.141. The summed E-state index contributed by atoms with van der Waals surface area (Å²) in [5, 5.41) is 12.8. The Hall–Kier alpha value is -1.53. The number of nitrogens with zero attached hydrogens (tertiary/aromatic N) is 2. The maximum absolute atomic E-state index is 11.1. The van der Waals surface area contributed by atoms with Gasteiger partial charge in [-0.15, -0.1) is 0 Å². The van der Waals surface area contributed by atoms with E-state index in [0.29, 0.717) is 12.1 Å². The molecule has 0 spiro atoms. The Morgan fingerprint density at radius 2 is 2.30 bits per heavy atom. The number of aliphatic hydroxyl groups is 1. The fourth-order valence-corrected chi connectivity index (χ4v) is 1.76. The molecule has 6 nitrogen and oxygen atoms in total. The quantitative estimate of drug-likeness (QED) is 0.356. The number of aliphatic hydroxyl groups excluding tert-OH is 1. The van der Waals surface area contributed by atoms with E-state index in [0.717, 1.165) is 26.2 Å². The van der Waals surface area contributed by atoms with E-state index >= 15 is 0 Å². The number of carbonyl (C=O) groups is 1. The maximum atomic E-state index is 11.1. The van der Waals surface area contributed by atoms with Crippen LogP contribution in [-0.2, 0) is 9.53 Å². The van der Waals surface area contributed by atoms with Gasteiger partial charge in [0.05, 0.1) is 6.67 Å². The molecule has 1 rings (SSSR count). The zero-order valence-corrected chi connectivity index (χ0v) is 12.3. The van der Waals surface area contributed by atoms with Crippen molar-refractivity contribution in [3.05, 3.63) is 24.6 Å². The first-order chi connectivity index (χ1) is 9.49. The molecule has 0 fully saturated rings. The minimum atomic E-state index is -0.684. The third-order valence-electron chi connectivity index (χ3n) is 2.87. The van der Waals surface area contributed by atoms with Crippen LogP contribution in [0.2, 0.25) is 0 Å². The van der Waals surface area contributed by atoms with E-state index in [9.17, 15) is 9.90 Å². The first-order valence-electron chi connectivity index (χ1n) is 6.83. The van der Waals surface area contributed by atoms with Gasteiger partial charge in [-0.3, -0.25) is 0 Å². The molecular weight excluding hydrogens is 258 g/mol. The van der Waals surface area contributed by atoms with E-state index in [4.69, 9.17) is 4.74 Å². The number of esters is 1. The molecule has 2 N–H and O–H groups in total. The van der Waals surface area contributed by atoms with Crippen molar-refractivity contribution in [2.24, 2.45) is 0 Å². The lowest BCUT2D eigenvalue weighted by Crippen LogP contribution is -2.33. The highest BCUT2D eigenvalue weighted by atomic mass is 16.5. The van der Waals surface area contributed by atoms with E-state index in [1.54, 1.807) is 6.92 Å². The van der Waals surface area contributed by atoms with Crippen molar-refractivity contribution in [1.29, 1.82) is 0 Å². The number of rotatable bonds is 9. The number of hydrogen-bond donors (Lipinski definition) is 2. The highest BCUT2D eigenvalue weighted by molar-refractivity contribution is 5.86. The molecular formula is C14H25N3O3. The lowest BCUT2D eigenvalue weighted by Gasteiger charge is -2.18. The van der Waals surface area contributed by atoms with Gasteiger partial charge in [-0.25, -0.2) is 4.79 Å². The predicted molar refractivity (Wildman–Crippen MR) is 77.7 cm³/mol. The first kappa shape index (κ1) is 16.5. The van der Waals surface area contributed by atoms with E-state index < -0.39 is 12.1 Å². The molecule has 1 atom stereocenters. The van der Waals surface area contributed by atoms with Crippen molar-refractivity contribution in [3.8, 4) is 0 Å². The summed E-state index contributed by atoms with van der Waals surface area (Å²) >= 11 is 0. The molecule has 1 aliphatic heterocycles. The summed E-state index contributed by atoms with van der Waals surface area (Å²) in [5.41, 5.74) is 0.341. The molecule has 0 aliphatic carbocycles. The first-order valence-corrected chi connectivity index (χ1v) is 6.83. The molecule has 0 saturated carbocycles. The van der Waals surface area contributed by atoms with Crippen LogP contribution in [0.25, 0.3) is 0 Å². The summed E-state index contributed by atoms with van der Waals surface area (Å²) in [6, 6.07) is 0. The van der Waals surface area contributed by atoms with E-state index in [1.165, 1.54) is 0 Å². The van der Waals surface area contributed by atoms with Crippen LogP contribution >= 0.6 is 0 Å². The summed E-state index contributed by atoms with van der Waals surface area (Å²) in [6.45, 7) is 8.20. The van der Waals surface area contributed by atoms with Gasteiger partial charge in [-0.1, -0.05) is 6.58 Å². The Morgan fingerprint density at radius 1 is 1.55 bits per heavy atom. The zero-order chi connectivity index (χ0) is 15.0. The molecule has 6 heteroatoms. The Morgan fingerprint density at radius 3 is 2.90 bits per heavy atom. The highest BCUT2D eigenvalue weighted by Crippen LogP contribution is 2.03. The van der Waals surface area contributed by atoms with Crippen LogP contribution in [0.15, 0.2) is 24.6 Å². The molecule has 20 heavy (non-hydrogen) atoms. The summed E-state index contributed by atoms with van der Waals surface area (Å²) in [6.07, 6.45) is 4.44. The second-order valence-corrected chi connectivity index (χ2v) is 5.10. The third kappa shape index (κ3) is 6.58. The van der Waals surface area contributed by atoms with Gasteiger partial charge in [0.25, 0.3) is 0 Å². The molecule has 0 radical (unpaired) electrons. The SMILES string of the molecule is C=C(C)C(=O)OCC(O)CNCCCN1C=CN(C)C1. The van der Waals surface area contributed by atoms with Crippen molar-refractivity contribution in [1.82, 2.24) is 15.1 Å². The van der Waals surface area contributed by atoms with Crippen molar-refractivity contribution in [2.75, 3.05) is 40.0 Å². The van der Waals surface area contributed by atoms with E-state index in [-0.39, 0.29) is 6.61 Å². The van der Waals surface area contributed by atoms with Crippen molar-refractivity contribution in [2.45, 2.75) is 19.4 Å². The second-order valence-electron chi connectivity index (χ2n) is 5.10. The van der Waals surface area contributed by atoms with Gasteiger partial charge in [0.2, 0.25) is 0 Å². The summed E-state index contributed by atoms with van der Waals surface area (Å²) in [5.74, 6) is -0.464. The van der Waals surface area contributed by atoms with Crippen LogP contribution < -0.4 is 5.32 Å². The maximum Gasteiger partial charge on any atom is 0.333 e. The fraction of sp³-hybridized carbons (Fsp3) is 0.643. The van der Waals surface area contributed by atoms with Gasteiger partial charge in [-0.05, 0) is 19.9 Å². The zero-order valence-electron chi connectivity index (χ0n) is 12.3. The normalized spacial score (nSPS) is 15.6. The van der Waals surface area contributed by atoms with Gasteiger partial charge in [0, 0.05) is 38.1 Å². The van der Waals surface area contributed by atoms with Gasteiger partial charge < -0.3 is 25.0 Å². The Balaban J connectivity index is 1.96. The summed E-state index contributed by atoms with van der Waals surface area (Å²) < 4.78 is 4.86. The molecule has 1 aliphatic rings. The number of hydrogen-bond acceptors (Lipinski definition) is 6. The van der Waals surface area contributed by atoms with E-state index in [1.807, 2.05) is 13.2 Å². The van der Waals surface area contributed by atoms with Crippen LogP contribution in [0.4, 0.5) is 0 Å². The minimum absolute atomic E-state index is 0.00164. The topological polar surface area (TPSA) is 65.0 Å². The van der Waals surface area contributed by atoms with Crippen molar-refractivity contribution < 1.29 is 14.6 Å². The molecule has 0 saturated heterocycles. The molecule has 0 aromatic heterocycles. The predicted octanol–water partition coefficient (Wildman–Crippen LogP) is 0.122. The van der Waals surface area contributed by atoms with Crippen LogP contribution in [0.5, 0.6) is 0 Å². The van der Waals surface area contributed by atoms with E-state index in [2.05, 4.69) is 27.9 Å². The van der Waals surface area contributed by atoms with Crippen LogP contribution in [0, 0.1) is 0 Å². The van der Waals surface area contributed by atoms with Gasteiger partial charge in [0.15, 0.2) is 0 Å². The average molecular weight is 283 g/mol. The molecule has 1 heterocycles. The number of carbonyl (C=O) groups excluding carboxylic acids is 1. The summed E-state index contributed by atoms with van der Waals surface area (Å²) in [7, 11) is 2.04. The van der Waals surface area contributed by atoms with Crippen LogP contribution in [-0.4, -0.2) is 66.9 Å². The largest absolute Gasteiger partial charge is 0.460 e. The minimum Gasteiger partial charge on any atom is -0.460 e. The molecule has 0 amide bonds. The lowest BCUT2D eigenvalue weighted by atomic mass is 10.3. The second kappa shape index (κ2) is 8.60. The van der Waals surface area contributed by atoms with Crippen LogP contribution in [0.3, 0.4) is 0 Å². The van der Waals surface area contributed by atoms with Gasteiger partial charge in [-0.2, -0.15) is 0 Å². The molecule has 0 aromatic rings. The fourth-order valence-electron chi connectivity index (χ4n) is 1.76. The number of ether oxygens (including phenoxy) is 1. The average Bonchev–Trinajstić information content (AvgIpc) is 2.81. The van der Waals surface area contributed by atoms with Gasteiger partial charge in [0.1, 0.15) is 12.7 Å². The highest BCUT2D eigenvalue weighted by Gasteiger charge is 2.09. The van der Waals surface area contributed by atoms with Gasteiger partial charge >= 0.3 is 5.97 Å². The van der Waals surface area contributed by atoms with Crippen molar-refractivity contribution >= 4 is 5.97 Å². The Labute approximate surface area is 120 Å². The molecule has 114 valence electrons. The third-order valence-corrected chi connectivity index (χ3v) is 2.87. The monoisotopic (exact) mass is 283 g/mol. The molecule has 0 bridgehead atoms. The smallest absolute Gasteiger partial charge is 0.333 e. The van der Waals surface area contributed by atoms with Crippen molar-refractivity contribution in [3.63, 3.8) is 0 Å². The van der Waals surface area contributed by atoms with Crippen LogP contribution in [0.1, 0.15) is 13.3 Å². The Kier molecular flexibility index (Phi) is 7.11.